The van der Waals surface area contributed by atoms with E-state index in [0.717, 1.165) is 148 Å². The molecule has 0 radical (unpaired) electrons. The van der Waals surface area contributed by atoms with Gasteiger partial charge in [0.05, 0.1) is 40.3 Å². The highest BCUT2D eigenvalue weighted by Gasteiger charge is 2.22. The highest BCUT2D eigenvalue weighted by Crippen LogP contribution is 2.15. The number of rotatable bonds is 63. The number of ether oxygens (including phenoxy) is 4. The average Bonchev–Trinajstić information content (AvgIpc) is 3.65. The molecule has 0 rings (SSSR count). The Labute approximate surface area is 557 Å². The van der Waals surface area contributed by atoms with Gasteiger partial charge in [-0.25, -0.2) is 0 Å². The van der Waals surface area contributed by atoms with Crippen molar-refractivity contribution in [2.45, 2.75) is 257 Å². The molecule has 0 bridgehead atoms. The van der Waals surface area contributed by atoms with Crippen molar-refractivity contribution in [3.63, 3.8) is 0 Å². The number of carbonyl (C=O) groups excluding carboxylic acids is 3. The average molecular weight is 1260 g/mol. The maximum Gasteiger partial charge on any atom is 0.306 e. The van der Waals surface area contributed by atoms with Crippen LogP contribution in [0.2, 0.25) is 0 Å². The molecule has 0 spiro atoms. The predicted octanol–water partition coefficient (Wildman–Crippen LogP) is 21.2. The lowest BCUT2D eigenvalue weighted by Gasteiger charge is -2.26. The fraction of sp³-hybridized carbons (Fsp3) is 0.573. The van der Waals surface area contributed by atoms with Crippen molar-refractivity contribution in [2.24, 2.45) is 0 Å². The maximum atomic E-state index is 12.9. The fourth-order valence-electron chi connectivity index (χ4n) is 8.98. The third-order valence-electron chi connectivity index (χ3n) is 14.3. The first-order valence-electron chi connectivity index (χ1n) is 35.6. The molecule has 2 atom stereocenters. The van der Waals surface area contributed by atoms with Crippen molar-refractivity contribution in [2.75, 3.05) is 47.5 Å². The van der Waals surface area contributed by atoms with Crippen LogP contribution >= 0.6 is 0 Å². The molecule has 0 aliphatic carbocycles. The van der Waals surface area contributed by atoms with Crippen LogP contribution in [-0.2, 0) is 33.3 Å². The zero-order chi connectivity index (χ0) is 66.1. The number of aliphatic carboxylic acids is 1. The van der Waals surface area contributed by atoms with Crippen LogP contribution in [0.4, 0.5) is 0 Å². The largest absolute Gasteiger partial charge is 0.545 e. The van der Waals surface area contributed by atoms with E-state index >= 15 is 0 Å². The van der Waals surface area contributed by atoms with E-state index in [4.69, 9.17) is 18.9 Å². The number of hydrogen-bond donors (Lipinski definition) is 0. The molecular weight excluding hydrogens is 1130 g/mol. The number of allylic oxidation sites excluding steroid dienone is 32. The molecule has 9 heteroatoms. The van der Waals surface area contributed by atoms with E-state index in [1.807, 2.05) is 21.1 Å². The summed E-state index contributed by atoms with van der Waals surface area (Å²) in [7, 11) is 5.90. The van der Waals surface area contributed by atoms with Gasteiger partial charge in [-0.05, 0) is 141 Å². The zero-order valence-corrected chi connectivity index (χ0v) is 58.1. The van der Waals surface area contributed by atoms with Crippen molar-refractivity contribution in [3.05, 3.63) is 194 Å². The van der Waals surface area contributed by atoms with E-state index in [2.05, 4.69) is 208 Å². The second kappa shape index (κ2) is 70.0. The molecule has 9 nitrogen and oxygen atoms in total. The Hall–Kier alpha value is -5.87. The summed E-state index contributed by atoms with van der Waals surface area (Å²) in [5.41, 5.74) is 0. The Morgan fingerprint density at radius 1 is 0.330 bits per heavy atom. The maximum absolute atomic E-state index is 12.9. The van der Waals surface area contributed by atoms with Crippen molar-refractivity contribution in [3.8, 4) is 0 Å². The van der Waals surface area contributed by atoms with Gasteiger partial charge in [0, 0.05) is 12.8 Å². The molecule has 91 heavy (non-hydrogen) atoms. The molecule has 0 N–H and O–H groups in total. The molecule has 510 valence electrons. The summed E-state index contributed by atoms with van der Waals surface area (Å²) in [6.45, 7) is 4.46. The summed E-state index contributed by atoms with van der Waals surface area (Å²) in [5, 5.41) is 11.8. The second-order valence-electron chi connectivity index (χ2n) is 24.1. The van der Waals surface area contributed by atoms with Crippen LogP contribution < -0.4 is 5.11 Å². The number of likely N-dealkylation sites (N-methyl/N-ethyl adjacent to an activating group) is 1. The lowest BCUT2D eigenvalue weighted by Crippen LogP contribution is -2.44. The second-order valence-corrected chi connectivity index (χ2v) is 24.1. The minimum atomic E-state index is -1.65. The lowest BCUT2D eigenvalue weighted by atomic mass is 10.0. The molecule has 2 unspecified atom stereocenters. The predicted molar refractivity (Wildman–Crippen MR) is 388 cm³/mol. The minimum Gasteiger partial charge on any atom is -0.545 e. The van der Waals surface area contributed by atoms with Gasteiger partial charge in [-0.15, -0.1) is 0 Å². The van der Waals surface area contributed by atoms with Gasteiger partial charge in [0.25, 0.3) is 0 Å². The summed E-state index contributed by atoms with van der Waals surface area (Å²) >= 11 is 0. The summed E-state index contributed by atoms with van der Waals surface area (Å²) in [5.74, 6) is -2.35. The Morgan fingerprint density at radius 3 is 0.890 bits per heavy atom. The van der Waals surface area contributed by atoms with Crippen molar-refractivity contribution in [1.82, 2.24) is 0 Å². The van der Waals surface area contributed by atoms with Gasteiger partial charge in [-0.1, -0.05) is 285 Å². The lowest BCUT2D eigenvalue weighted by molar-refractivity contribution is -0.870. The highest BCUT2D eigenvalue weighted by atomic mass is 16.7. The smallest absolute Gasteiger partial charge is 0.306 e. The molecule has 0 aliphatic heterocycles. The molecule has 0 amide bonds. The first-order valence-corrected chi connectivity index (χ1v) is 35.6. The van der Waals surface area contributed by atoms with E-state index in [1.165, 1.54) is 64.2 Å². The van der Waals surface area contributed by atoms with E-state index in [1.54, 1.807) is 0 Å². The third-order valence-corrected chi connectivity index (χ3v) is 14.3. The van der Waals surface area contributed by atoms with E-state index < -0.39 is 24.3 Å². The molecule has 0 saturated heterocycles. The van der Waals surface area contributed by atoms with Crippen LogP contribution in [0.3, 0.4) is 0 Å². The topological polar surface area (TPSA) is 111 Å². The number of hydrogen-bond acceptors (Lipinski definition) is 8. The Morgan fingerprint density at radius 2 is 0.593 bits per heavy atom. The van der Waals surface area contributed by atoms with E-state index in [9.17, 15) is 19.5 Å². The van der Waals surface area contributed by atoms with Crippen molar-refractivity contribution in [1.29, 1.82) is 0 Å². The fourth-order valence-corrected chi connectivity index (χ4v) is 8.98. The highest BCUT2D eigenvalue weighted by molar-refractivity contribution is 5.70. The van der Waals surface area contributed by atoms with Gasteiger partial charge in [0.15, 0.2) is 12.4 Å². The summed E-state index contributed by atoms with van der Waals surface area (Å²) in [6.07, 6.45) is 105. The van der Waals surface area contributed by atoms with Crippen LogP contribution in [0, 0.1) is 0 Å². The summed E-state index contributed by atoms with van der Waals surface area (Å²) < 4.78 is 22.7. The molecule has 0 aliphatic rings. The molecule has 0 aromatic carbocycles. The molecular formula is C82H129NO8. The third kappa shape index (κ3) is 71.4. The van der Waals surface area contributed by atoms with Gasteiger partial charge in [-0.3, -0.25) is 9.59 Å². The molecule has 0 saturated carbocycles. The molecule has 0 aromatic rings. The van der Waals surface area contributed by atoms with E-state index in [-0.39, 0.29) is 38.6 Å². The van der Waals surface area contributed by atoms with Crippen LogP contribution in [0.25, 0.3) is 0 Å². The SMILES string of the molecule is CC/C=C\C/C=C\C/C=C\C/C=C\C/C=C\C/C=C\C/C=C\C/C=C\C/C=C\CCCCCC(=O)OC(COC(=O)CCCCCCCCCCCCCCC/C=C\C/C=C\C/C=C\C/C=C\C/C=C\C/C=C\C/C=C\CC)COC(OCC[N+](C)(C)C)C(=O)[O-]. The van der Waals surface area contributed by atoms with Crippen molar-refractivity contribution >= 4 is 17.9 Å². The molecule has 0 aromatic heterocycles. The number of carboxylic acid groups (broad SMARTS) is 1. The van der Waals surface area contributed by atoms with Gasteiger partial charge >= 0.3 is 11.9 Å². The number of esters is 2. The summed E-state index contributed by atoms with van der Waals surface area (Å²) in [6, 6.07) is 0. The minimum absolute atomic E-state index is 0.130. The van der Waals surface area contributed by atoms with Gasteiger partial charge < -0.3 is 33.3 Å². The first-order chi connectivity index (χ1) is 44.6. The van der Waals surface area contributed by atoms with Crippen LogP contribution in [-0.4, -0.2) is 82.3 Å². The monoisotopic (exact) mass is 1260 g/mol. The van der Waals surface area contributed by atoms with Gasteiger partial charge in [0.2, 0.25) is 0 Å². The van der Waals surface area contributed by atoms with Gasteiger partial charge in [0.1, 0.15) is 13.2 Å². The zero-order valence-electron chi connectivity index (χ0n) is 58.1. The summed E-state index contributed by atoms with van der Waals surface area (Å²) in [4.78, 5) is 37.5. The van der Waals surface area contributed by atoms with E-state index in [0.29, 0.717) is 17.4 Å². The number of carbonyl (C=O) groups is 3. The normalized spacial score (nSPS) is 13.9. The first kappa shape index (κ1) is 85.1. The number of nitrogens with zero attached hydrogens (tertiary/aromatic N) is 1. The Bertz CT molecular complexity index is 2200. The quantitative estimate of drug-likeness (QED) is 0.0195. The van der Waals surface area contributed by atoms with Crippen molar-refractivity contribution < 1.29 is 42.9 Å². The van der Waals surface area contributed by atoms with Crippen LogP contribution in [0.15, 0.2) is 194 Å². The van der Waals surface area contributed by atoms with Crippen LogP contribution in [0.5, 0.6) is 0 Å². The Kier molecular flexibility index (Phi) is 65.5. The van der Waals surface area contributed by atoms with Gasteiger partial charge in [-0.2, -0.15) is 0 Å². The number of quaternary nitrogens is 1. The number of carboxylic acids is 1. The number of unbranched alkanes of at least 4 members (excludes halogenated alkanes) is 16. The molecule has 0 heterocycles. The van der Waals surface area contributed by atoms with Crippen LogP contribution in [0.1, 0.15) is 245 Å². The molecule has 0 fully saturated rings. The Balaban J connectivity index is 4.24. The standard InChI is InChI=1S/C82H129NO8/c1-6-8-10-12-14-16-18-20-22-24-26-28-30-32-34-36-38-39-40-41-43-44-46-48-50-52-54-56-58-60-62-64-66-68-70-72-79(84)89-76-78(77-90-82(81(86)87)88-75-74-83(3,4)5)91-80(85)73-71-69-67-65-63-61-59-57-55-53-51-49-47-45-42-37-35-33-31-29-27-25-23-21-19-17-15-13-11-9-7-2/h8-11,14-17,20-23,26-29,32-35,38-39,41-43,45,49,51,55,57,61,63,78,82H,6-7,12-13,18-19,24-25,30-31,36-37,40,44,46-48,50,52-54,56,58-60,62,64-77H2,1-5H3/b10-8-,11-9-,16-14-,17-15-,22-20-,23-21-,28-26-,29-27-,34-32-,35-33-,39-38-,43-41-,45-42-,51-49-,57-55-,63-61-.